The number of nitrogens with zero attached hydrogens (tertiary/aromatic N) is 9. The molecule has 598 valence electrons. The van der Waals surface area contributed by atoms with E-state index in [4.69, 9.17) is 4.74 Å². The number of ether oxygens (including phenoxy) is 1. The zero-order valence-corrected chi connectivity index (χ0v) is 64.9. The van der Waals surface area contributed by atoms with Crippen molar-refractivity contribution in [3.8, 4) is 0 Å². The van der Waals surface area contributed by atoms with Crippen molar-refractivity contribution in [1.82, 2.24) is 60.0 Å². The third-order valence-electron chi connectivity index (χ3n) is 24.1. The van der Waals surface area contributed by atoms with E-state index in [2.05, 4.69) is 22.9 Å². The number of carbonyl (C=O) groups excluding carboxylic acids is 12. The van der Waals surface area contributed by atoms with Crippen LogP contribution in [0.3, 0.4) is 0 Å². The number of amides is 12. The second kappa shape index (κ2) is 38.4. The van der Waals surface area contributed by atoms with Gasteiger partial charge >= 0.3 is 6.18 Å². The first kappa shape index (κ1) is 86.2. The Kier molecular flexibility index (Phi) is 31.2. The van der Waals surface area contributed by atoms with Crippen LogP contribution in [0.1, 0.15) is 189 Å². The number of carbonyl (C=O) groups is 12. The van der Waals surface area contributed by atoms with E-state index in [1.54, 1.807) is 13.0 Å². The summed E-state index contributed by atoms with van der Waals surface area (Å²) in [5, 5.41) is 8.62. The van der Waals surface area contributed by atoms with E-state index in [1.807, 2.05) is 26.8 Å². The van der Waals surface area contributed by atoms with Crippen molar-refractivity contribution in [3.05, 3.63) is 12.2 Å². The number of hydrogen-bond acceptors (Lipinski definition) is 13. The summed E-state index contributed by atoms with van der Waals surface area (Å²) in [6, 6.07) is -10.7. The smallest absolute Gasteiger partial charge is 0.379 e. The summed E-state index contributed by atoms with van der Waals surface area (Å²) in [7, 11) is 11.2. The van der Waals surface area contributed by atoms with Crippen LogP contribution in [0.2, 0.25) is 0 Å². The van der Waals surface area contributed by atoms with Gasteiger partial charge in [-0.15, -0.1) is 0 Å². The number of hydrogen-bond donors (Lipinski definition) is 3. The van der Waals surface area contributed by atoms with Crippen molar-refractivity contribution in [3.63, 3.8) is 0 Å². The molecule has 3 heterocycles. The van der Waals surface area contributed by atoms with E-state index in [0.29, 0.717) is 70.1 Å². The lowest BCUT2D eigenvalue weighted by atomic mass is 9.74. The van der Waals surface area contributed by atoms with Crippen LogP contribution in [-0.2, 0) is 62.3 Å². The van der Waals surface area contributed by atoms with Gasteiger partial charge in [0.25, 0.3) is 0 Å². The Hall–Kier alpha value is -7.01. The number of fused-ring (bicyclic) bond motifs is 3. The summed E-state index contributed by atoms with van der Waals surface area (Å²) in [5.74, 6) is -13.3. The fraction of sp³-hybridized carbons (Fsp3) is 0.816. The van der Waals surface area contributed by atoms with Crippen LogP contribution in [0.15, 0.2) is 12.2 Å². The SMILES string of the molecule is CCCOC[C@H]1C(=O)N[C@@H]([C@@H](C)CC)C(=O)N(C)CC(=O)N(C)[C@H]2C/C=C\CCN(C2=O)[C@@H](CC2CCC(C)CC2)C(=O)N(C)CC(=O)N[C@@H](CCC2CC(F)C(C(F)(F)F)C(F)C2)C(=O)N2C[C@H](CCC)C[C@H]2C(=O)NC2(CCC2)C(=O)N(C)[C@@H](C2CCCC2)C(=O)N(C)[C@H](C(=O)N(C)C)CC(=O)N1C. The van der Waals surface area contributed by atoms with Crippen molar-refractivity contribution in [1.29, 1.82) is 0 Å². The molecular formula is C76H121F5N12O13. The highest BCUT2D eigenvalue weighted by Crippen LogP contribution is 2.45. The van der Waals surface area contributed by atoms with Gasteiger partial charge in [0, 0.05) is 76.1 Å². The van der Waals surface area contributed by atoms with Gasteiger partial charge in [-0.2, -0.15) is 13.2 Å². The standard InChI is InChI=1S/C76H121F5N12O13/c1-14-23-50-40-56-67(98)84-75(33-22-34-75)74(105)91(13)65(51-24-19-20-25-51)73(104)90(12)57(69(100)85(6)7)41-61(95)89(11)59(45-106-36-15-2)66(97)83-64(47(5)16-3)72(103)87(9)44-62(96)88(10)55-26-18-17-21-35-92(71(55)102)58(39-48-29-27-46(4)28-30-48)70(101)86(8)43-60(94)82-54(68(99)93(56)42-50)32-31-49-37-52(77)63(53(78)38-49)76(79,80)81/h17-18,46-59,63-65H,14-16,19-45H2,1-13H3,(H,82,94)(H,83,97)(H,84,98)/b18-17-/t46?,47-,48?,49?,50+,52?,53?,54-,55-,56-,57-,58-,59-,63?,64-,65-/m0/s1. The minimum atomic E-state index is -5.16. The first-order chi connectivity index (χ1) is 50.0. The Morgan fingerprint density at radius 2 is 1.29 bits per heavy atom. The molecule has 3 N–H and O–H groups in total. The fourth-order valence-electron chi connectivity index (χ4n) is 17.0. The van der Waals surface area contributed by atoms with Crippen molar-refractivity contribution >= 4 is 70.9 Å². The predicted molar refractivity (Wildman–Crippen MR) is 385 cm³/mol. The van der Waals surface area contributed by atoms with Crippen molar-refractivity contribution in [2.24, 2.45) is 41.4 Å². The maximum Gasteiger partial charge on any atom is 0.397 e. The number of rotatable bonds is 15. The molecule has 12 amide bonds. The molecule has 7 rings (SSSR count). The molecule has 30 heteroatoms. The summed E-state index contributed by atoms with van der Waals surface area (Å²) < 4.78 is 78.9. The minimum Gasteiger partial charge on any atom is -0.379 e. The Bertz CT molecular complexity index is 3120. The van der Waals surface area contributed by atoms with Gasteiger partial charge < -0.3 is 64.8 Å². The van der Waals surface area contributed by atoms with Crippen LogP contribution < -0.4 is 16.0 Å². The first-order valence-electron chi connectivity index (χ1n) is 38.9. The second-order valence-electron chi connectivity index (χ2n) is 32.0. The monoisotopic (exact) mass is 1500 g/mol. The Morgan fingerprint density at radius 1 is 0.651 bits per heavy atom. The number of alkyl halides is 5. The first-order valence-corrected chi connectivity index (χ1v) is 38.9. The zero-order valence-electron chi connectivity index (χ0n) is 64.9. The van der Waals surface area contributed by atoms with Crippen LogP contribution >= 0.6 is 0 Å². The third kappa shape index (κ3) is 21.1. The molecule has 2 saturated heterocycles. The van der Waals surface area contributed by atoms with Crippen LogP contribution in [-0.4, -0.2) is 283 Å². The lowest BCUT2D eigenvalue weighted by molar-refractivity contribution is -0.219. The van der Waals surface area contributed by atoms with Crippen LogP contribution in [0.5, 0.6) is 0 Å². The molecule has 25 nitrogen and oxygen atoms in total. The third-order valence-corrected chi connectivity index (χ3v) is 24.1. The van der Waals surface area contributed by atoms with E-state index in [1.165, 1.54) is 80.9 Å². The molecule has 7 aliphatic rings. The highest BCUT2D eigenvalue weighted by molar-refractivity contribution is 6.01. The number of nitrogens with one attached hydrogen (secondary N) is 3. The molecule has 6 fully saturated rings. The van der Waals surface area contributed by atoms with Crippen LogP contribution in [0.4, 0.5) is 22.0 Å². The summed E-state index contributed by atoms with van der Waals surface area (Å²) in [4.78, 5) is 192. The van der Waals surface area contributed by atoms with E-state index in [-0.39, 0.29) is 83.1 Å². The highest BCUT2D eigenvalue weighted by atomic mass is 19.4. The summed E-state index contributed by atoms with van der Waals surface area (Å²) >= 11 is 0. The molecule has 12 atom stereocenters. The maximum atomic E-state index is 15.6. The van der Waals surface area contributed by atoms with Gasteiger partial charge in [-0.1, -0.05) is 98.1 Å². The number of likely N-dealkylation sites (N-methyl/N-ethyl adjacent to an activating group) is 7. The normalized spacial score (nSPS) is 32.1. The quantitative estimate of drug-likeness (QED) is 0.0937. The lowest BCUT2D eigenvalue weighted by Gasteiger charge is -2.46. The topological polar surface area (TPSA) is 279 Å². The predicted octanol–water partition coefficient (Wildman–Crippen LogP) is 6.20. The van der Waals surface area contributed by atoms with Crippen LogP contribution in [0.25, 0.3) is 0 Å². The molecular weight excluding hydrogens is 1380 g/mol. The largest absolute Gasteiger partial charge is 0.397 e. The Morgan fingerprint density at radius 3 is 1.88 bits per heavy atom. The highest BCUT2D eigenvalue weighted by Gasteiger charge is 2.56. The summed E-state index contributed by atoms with van der Waals surface area (Å²) in [5.41, 5.74) is -1.61. The lowest BCUT2D eigenvalue weighted by Crippen LogP contribution is -2.68. The minimum absolute atomic E-state index is 0.0124. The molecule has 0 aromatic carbocycles. The van der Waals surface area contributed by atoms with Crippen molar-refractivity contribution in [2.45, 2.75) is 261 Å². The molecule has 106 heavy (non-hydrogen) atoms. The molecule has 2 unspecified atom stereocenters. The average molecular weight is 1510 g/mol. The molecule has 0 aromatic heterocycles. The van der Waals surface area contributed by atoms with E-state index >= 15 is 37.5 Å². The van der Waals surface area contributed by atoms with E-state index in [0.717, 1.165) is 45.3 Å². The molecule has 4 aliphatic carbocycles. The van der Waals surface area contributed by atoms with Gasteiger partial charge in [0.05, 0.1) is 26.1 Å². The van der Waals surface area contributed by atoms with Crippen LogP contribution in [0, 0.1) is 41.4 Å². The summed E-state index contributed by atoms with van der Waals surface area (Å²) in [6.45, 7) is 8.01. The van der Waals surface area contributed by atoms with Gasteiger partial charge in [-0.25, -0.2) is 8.78 Å². The Balaban J connectivity index is 1.32. The van der Waals surface area contributed by atoms with Crippen molar-refractivity contribution < 1.29 is 84.2 Å². The molecule has 0 aromatic rings. The van der Waals surface area contributed by atoms with Gasteiger partial charge in [-0.3, -0.25) is 57.5 Å². The molecule has 2 bridgehead atoms. The van der Waals surface area contributed by atoms with Gasteiger partial charge in [0.1, 0.15) is 72.1 Å². The molecule has 1 spiro atoms. The molecule has 4 saturated carbocycles. The van der Waals surface area contributed by atoms with E-state index in [9.17, 15) is 41.9 Å². The number of halogens is 5. The average Bonchev–Trinajstić information content (AvgIpc) is 1.20. The van der Waals surface area contributed by atoms with Gasteiger partial charge in [-0.05, 0) is 132 Å². The van der Waals surface area contributed by atoms with Crippen molar-refractivity contribution in [2.75, 3.05) is 95.8 Å². The molecule has 0 radical (unpaired) electrons. The molecule has 3 aliphatic heterocycles. The Labute approximate surface area is 623 Å². The fourth-order valence-corrected chi connectivity index (χ4v) is 17.0. The van der Waals surface area contributed by atoms with Gasteiger partial charge in [0.2, 0.25) is 70.9 Å². The van der Waals surface area contributed by atoms with Gasteiger partial charge in [0.15, 0.2) is 0 Å². The second-order valence-corrected chi connectivity index (χ2v) is 32.0. The zero-order chi connectivity index (χ0) is 78.4. The van der Waals surface area contributed by atoms with E-state index < -0.39 is 199 Å². The maximum absolute atomic E-state index is 15.6. The summed E-state index contributed by atoms with van der Waals surface area (Å²) in [6.07, 6.45) is -0.414.